The van der Waals surface area contributed by atoms with E-state index in [1.54, 1.807) is 11.1 Å². The predicted molar refractivity (Wildman–Crippen MR) is 70.8 cm³/mol. The summed E-state index contributed by atoms with van der Waals surface area (Å²) in [5, 5.41) is 0. The second-order valence-corrected chi connectivity index (χ2v) is 6.11. The quantitative estimate of drug-likeness (QED) is 0.618. The summed E-state index contributed by atoms with van der Waals surface area (Å²) in [7, 11) is 2.24. The Balaban J connectivity index is 1.87. The zero-order valence-corrected chi connectivity index (χ0v) is 11.3. The van der Waals surface area contributed by atoms with Gasteiger partial charge < -0.3 is 4.48 Å². The molecule has 0 aliphatic carbocycles. The van der Waals surface area contributed by atoms with Gasteiger partial charge in [-0.3, -0.25) is 4.90 Å². The lowest BCUT2D eigenvalue weighted by molar-refractivity contribution is -0.950. The predicted octanol–water partition coefficient (Wildman–Crippen LogP) is 2.08. The smallest absolute Gasteiger partial charge is 0.105 e. The molecule has 1 saturated heterocycles. The summed E-state index contributed by atoms with van der Waals surface area (Å²) in [5.41, 5.74) is 6.13. The van der Waals surface area contributed by atoms with Crippen LogP contribution in [0.5, 0.6) is 0 Å². The Bertz CT molecular complexity index is 409. The summed E-state index contributed by atoms with van der Waals surface area (Å²) in [6, 6.07) is 4.85. The number of nitrogens with zero attached hydrogens (tertiary/aromatic N) is 2. The average Bonchev–Trinajstić information content (AvgIpc) is 2.62. The van der Waals surface area contributed by atoms with E-state index in [2.05, 4.69) is 37.9 Å². The van der Waals surface area contributed by atoms with Gasteiger partial charge in [0.2, 0.25) is 0 Å². The second-order valence-electron chi connectivity index (χ2n) is 6.11. The zero-order chi connectivity index (χ0) is 12.0. The highest BCUT2D eigenvalue weighted by Crippen LogP contribution is 2.32. The number of fused-ring (bicyclic) bond motifs is 1. The van der Waals surface area contributed by atoms with E-state index < -0.39 is 0 Å². The number of hydrogen-bond acceptors (Lipinski definition) is 1. The van der Waals surface area contributed by atoms with Gasteiger partial charge in [0.05, 0.1) is 13.1 Å². The molecule has 92 valence electrons. The van der Waals surface area contributed by atoms with Crippen molar-refractivity contribution in [3.05, 3.63) is 34.4 Å². The van der Waals surface area contributed by atoms with Crippen LogP contribution in [-0.4, -0.2) is 42.6 Å². The molecule has 2 nitrogen and oxygen atoms in total. The molecule has 0 unspecified atom stereocenters. The molecule has 1 aromatic carbocycles. The van der Waals surface area contributed by atoms with Gasteiger partial charge in [-0.15, -0.1) is 0 Å². The highest BCUT2D eigenvalue weighted by Gasteiger charge is 2.38. The van der Waals surface area contributed by atoms with Gasteiger partial charge in [0.25, 0.3) is 0 Å². The van der Waals surface area contributed by atoms with Crippen LogP contribution in [0, 0.1) is 13.8 Å². The molecule has 1 spiro atoms. The Morgan fingerprint density at radius 3 is 1.88 bits per heavy atom. The first-order valence-corrected chi connectivity index (χ1v) is 6.71. The molecule has 0 N–H and O–H groups in total. The fourth-order valence-electron chi connectivity index (χ4n) is 3.31. The third-order valence-corrected chi connectivity index (χ3v) is 4.74. The molecule has 0 amide bonds. The van der Waals surface area contributed by atoms with Crippen LogP contribution in [0.15, 0.2) is 12.1 Å². The summed E-state index contributed by atoms with van der Waals surface area (Å²) >= 11 is 0. The van der Waals surface area contributed by atoms with E-state index in [0.29, 0.717) is 0 Å². The number of rotatable bonds is 0. The summed E-state index contributed by atoms with van der Waals surface area (Å²) in [6.45, 7) is 12.2. The van der Waals surface area contributed by atoms with Crippen molar-refractivity contribution in [1.29, 1.82) is 0 Å². The van der Waals surface area contributed by atoms with Crippen LogP contribution in [0.1, 0.15) is 22.3 Å². The van der Waals surface area contributed by atoms with E-state index in [4.69, 9.17) is 0 Å². The lowest BCUT2D eigenvalue weighted by atomic mass is 10.0. The maximum Gasteiger partial charge on any atom is 0.105 e. The van der Waals surface area contributed by atoms with Crippen molar-refractivity contribution < 1.29 is 4.48 Å². The first kappa shape index (κ1) is 11.2. The SMILES string of the molecule is Cc1cc2c(cc1C)C[N+]1(CCN(C)CC1)C2. The number of piperazine rings is 1. The Kier molecular flexibility index (Phi) is 2.53. The van der Waals surface area contributed by atoms with Crippen molar-refractivity contribution in [2.75, 3.05) is 33.2 Å². The van der Waals surface area contributed by atoms with Crippen LogP contribution in [0.3, 0.4) is 0 Å². The fraction of sp³-hybridized carbons (Fsp3) is 0.600. The van der Waals surface area contributed by atoms with Crippen LogP contribution in [0.2, 0.25) is 0 Å². The minimum atomic E-state index is 1.26. The van der Waals surface area contributed by atoms with Crippen LogP contribution in [0.25, 0.3) is 0 Å². The molecule has 0 saturated carbocycles. The van der Waals surface area contributed by atoms with Crippen molar-refractivity contribution in [3.63, 3.8) is 0 Å². The van der Waals surface area contributed by atoms with Gasteiger partial charge in [-0.25, -0.2) is 0 Å². The lowest BCUT2D eigenvalue weighted by Crippen LogP contribution is -2.55. The van der Waals surface area contributed by atoms with Crippen molar-refractivity contribution in [1.82, 2.24) is 4.90 Å². The fourth-order valence-corrected chi connectivity index (χ4v) is 3.31. The highest BCUT2D eigenvalue weighted by molar-refractivity contribution is 5.38. The van der Waals surface area contributed by atoms with Gasteiger partial charge in [0.15, 0.2) is 0 Å². The molecule has 2 aliphatic rings. The monoisotopic (exact) mass is 231 g/mol. The largest absolute Gasteiger partial charge is 0.314 e. The molecular formula is C15H23N2+. The summed E-state index contributed by atoms with van der Waals surface area (Å²) in [4.78, 5) is 2.46. The topological polar surface area (TPSA) is 3.24 Å². The van der Waals surface area contributed by atoms with Gasteiger partial charge >= 0.3 is 0 Å². The molecule has 0 radical (unpaired) electrons. The number of likely N-dealkylation sites (N-methyl/N-ethyl adjacent to an activating group) is 1. The van der Waals surface area contributed by atoms with Crippen molar-refractivity contribution in [3.8, 4) is 0 Å². The van der Waals surface area contributed by atoms with E-state index in [0.717, 1.165) is 0 Å². The Labute approximate surface area is 104 Å². The van der Waals surface area contributed by atoms with Crippen LogP contribution in [0.4, 0.5) is 0 Å². The summed E-state index contributed by atoms with van der Waals surface area (Å²) < 4.78 is 1.31. The molecule has 2 aliphatic heterocycles. The van der Waals surface area contributed by atoms with Gasteiger partial charge in [-0.1, -0.05) is 0 Å². The van der Waals surface area contributed by atoms with E-state index in [1.807, 2.05) is 0 Å². The Morgan fingerprint density at radius 1 is 0.941 bits per heavy atom. The first-order valence-electron chi connectivity index (χ1n) is 6.71. The number of quaternary nitrogens is 1. The third-order valence-electron chi connectivity index (χ3n) is 4.74. The van der Waals surface area contributed by atoms with E-state index in [-0.39, 0.29) is 0 Å². The van der Waals surface area contributed by atoms with Crippen LogP contribution in [-0.2, 0) is 13.1 Å². The molecule has 0 aromatic heterocycles. The standard InChI is InChI=1S/C15H23N2/c1-12-8-14-10-17(6-4-16(3)5-7-17)11-15(14)9-13(12)2/h8-9H,4-7,10-11H2,1-3H3/q+1. The van der Waals surface area contributed by atoms with Crippen molar-refractivity contribution >= 4 is 0 Å². The number of aryl methyl sites for hydroxylation is 2. The van der Waals surface area contributed by atoms with Gasteiger partial charge in [-0.05, 0) is 44.2 Å². The minimum absolute atomic E-state index is 1.26. The van der Waals surface area contributed by atoms with Gasteiger partial charge in [-0.2, -0.15) is 0 Å². The molecule has 1 aromatic rings. The van der Waals surface area contributed by atoms with E-state index >= 15 is 0 Å². The molecular weight excluding hydrogens is 208 g/mol. The lowest BCUT2D eigenvalue weighted by Gasteiger charge is -2.40. The molecule has 2 heteroatoms. The maximum atomic E-state index is 2.46. The first-order chi connectivity index (χ1) is 8.08. The summed E-state index contributed by atoms with van der Waals surface area (Å²) in [5.74, 6) is 0. The minimum Gasteiger partial charge on any atom is -0.314 e. The third kappa shape index (κ3) is 1.90. The normalized spacial score (nSPS) is 23.0. The molecule has 1 fully saturated rings. The summed E-state index contributed by atoms with van der Waals surface area (Å²) in [6.07, 6.45) is 0. The Hall–Kier alpha value is -0.860. The average molecular weight is 231 g/mol. The number of benzene rings is 1. The molecule has 0 atom stereocenters. The Morgan fingerprint density at radius 2 is 1.41 bits per heavy atom. The van der Waals surface area contributed by atoms with Gasteiger partial charge in [0, 0.05) is 24.2 Å². The molecule has 0 bridgehead atoms. The highest BCUT2D eigenvalue weighted by atomic mass is 15.4. The molecule has 3 rings (SSSR count). The van der Waals surface area contributed by atoms with Crippen molar-refractivity contribution in [2.24, 2.45) is 0 Å². The van der Waals surface area contributed by atoms with Crippen LogP contribution >= 0.6 is 0 Å². The zero-order valence-electron chi connectivity index (χ0n) is 11.3. The molecule has 17 heavy (non-hydrogen) atoms. The second kappa shape index (κ2) is 3.82. The molecule has 2 heterocycles. The number of hydrogen-bond donors (Lipinski definition) is 0. The van der Waals surface area contributed by atoms with Crippen LogP contribution < -0.4 is 0 Å². The van der Waals surface area contributed by atoms with Gasteiger partial charge in [0.1, 0.15) is 13.1 Å². The van der Waals surface area contributed by atoms with E-state index in [1.165, 1.54) is 54.9 Å². The maximum absolute atomic E-state index is 2.46. The van der Waals surface area contributed by atoms with E-state index in [9.17, 15) is 0 Å². The van der Waals surface area contributed by atoms with Crippen molar-refractivity contribution in [2.45, 2.75) is 26.9 Å².